The lowest BCUT2D eigenvalue weighted by atomic mass is 10.1. The first-order valence-corrected chi connectivity index (χ1v) is 10.3. The monoisotopic (exact) mass is 378 g/mol. The lowest BCUT2D eigenvalue weighted by Gasteiger charge is -2.36. The van der Waals surface area contributed by atoms with Gasteiger partial charge in [-0.1, -0.05) is 6.07 Å². The number of aryl methyl sites for hydroxylation is 2. The van der Waals surface area contributed by atoms with E-state index >= 15 is 0 Å². The van der Waals surface area contributed by atoms with Crippen molar-refractivity contribution >= 4 is 23.1 Å². The third-order valence-electron chi connectivity index (χ3n) is 6.01. The molecule has 2 aliphatic heterocycles. The molecule has 2 amide bonds. The number of urea groups is 1. The molecule has 0 spiro atoms. The number of amides is 2. The molecule has 28 heavy (non-hydrogen) atoms. The molecule has 148 valence electrons. The summed E-state index contributed by atoms with van der Waals surface area (Å²) in [5, 5.41) is 3.05. The van der Waals surface area contributed by atoms with Crippen LogP contribution in [0.25, 0.3) is 0 Å². The summed E-state index contributed by atoms with van der Waals surface area (Å²) < 4.78 is 0. The molecule has 5 heteroatoms. The third kappa shape index (κ3) is 4.08. The fourth-order valence-electron chi connectivity index (χ4n) is 4.02. The van der Waals surface area contributed by atoms with Crippen molar-refractivity contribution in [3.63, 3.8) is 0 Å². The lowest BCUT2D eigenvalue weighted by Crippen LogP contribution is -2.50. The van der Waals surface area contributed by atoms with Gasteiger partial charge in [0, 0.05) is 56.3 Å². The first kappa shape index (κ1) is 18.7. The van der Waals surface area contributed by atoms with E-state index in [4.69, 9.17) is 0 Å². The summed E-state index contributed by atoms with van der Waals surface area (Å²) in [6.07, 6.45) is 2.54. The van der Waals surface area contributed by atoms with E-state index in [9.17, 15) is 4.79 Å². The molecule has 2 saturated heterocycles. The smallest absolute Gasteiger partial charge is 0.321 e. The van der Waals surface area contributed by atoms with Gasteiger partial charge in [0.15, 0.2) is 0 Å². The Hall–Kier alpha value is -2.69. The summed E-state index contributed by atoms with van der Waals surface area (Å²) in [5.41, 5.74) is 6.00. The van der Waals surface area contributed by atoms with E-state index < -0.39 is 0 Å². The Balaban J connectivity index is 1.30. The highest BCUT2D eigenvalue weighted by Gasteiger charge is 2.21. The average Bonchev–Trinajstić information content (AvgIpc) is 3.26. The minimum Gasteiger partial charge on any atom is -0.372 e. The Morgan fingerprint density at radius 1 is 0.750 bits per heavy atom. The quantitative estimate of drug-likeness (QED) is 0.867. The van der Waals surface area contributed by atoms with Crippen LogP contribution >= 0.6 is 0 Å². The molecular formula is C23H30N4O. The summed E-state index contributed by atoms with van der Waals surface area (Å²) in [4.78, 5) is 19.3. The normalized spacial score (nSPS) is 17.1. The molecule has 0 saturated carbocycles. The number of carbonyl (C=O) groups excluding carboxylic acids is 1. The summed E-state index contributed by atoms with van der Waals surface area (Å²) in [7, 11) is 0. The van der Waals surface area contributed by atoms with Gasteiger partial charge in [-0.25, -0.2) is 4.79 Å². The highest BCUT2D eigenvalue weighted by atomic mass is 16.2. The van der Waals surface area contributed by atoms with Gasteiger partial charge in [0.2, 0.25) is 0 Å². The van der Waals surface area contributed by atoms with Crippen LogP contribution in [0.4, 0.5) is 21.9 Å². The fraction of sp³-hybridized carbons (Fsp3) is 0.435. The zero-order valence-corrected chi connectivity index (χ0v) is 16.9. The SMILES string of the molecule is Cc1ccc(N2CCN(C(=O)Nc3ccc(N4CCCC4)cc3)CC2)cc1C. The van der Waals surface area contributed by atoms with E-state index in [2.05, 4.69) is 59.3 Å². The molecule has 0 unspecified atom stereocenters. The van der Waals surface area contributed by atoms with Crippen molar-refractivity contribution in [2.75, 3.05) is 54.4 Å². The second kappa shape index (κ2) is 8.13. The summed E-state index contributed by atoms with van der Waals surface area (Å²) in [6.45, 7) is 9.77. The van der Waals surface area contributed by atoms with E-state index in [1.54, 1.807) is 0 Å². The standard InChI is InChI=1S/C23H30N4O/c1-18-5-8-22(17-19(18)2)26-13-15-27(16-14-26)23(28)24-20-6-9-21(10-7-20)25-11-3-4-12-25/h5-10,17H,3-4,11-16H2,1-2H3,(H,24,28). The van der Waals surface area contributed by atoms with E-state index in [1.165, 1.54) is 35.3 Å². The van der Waals surface area contributed by atoms with Crippen molar-refractivity contribution in [3.8, 4) is 0 Å². The Bertz CT molecular complexity index is 819. The summed E-state index contributed by atoms with van der Waals surface area (Å²) in [6, 6.07) is 14.8. The number of carbonyl (C=O) groups is 1. The van der Waals surface area contributed by atoms with Gasteiger partial charge in [0.1, 0.15) is 0 Å². The second-order valence-electron chi connectivity index (χ2n) is 7.91. The van der Waals surface area contributed by atoms with Crippen molar-refractivity contribution in [1.29, 1.82) is 0 Å². The maximum atomic E-state index is 12.6. The van der Waals surface area contributed by atoms with Crippen LogP contribution in [0.5, 0.6) is 0 Å². The lowest BCUT2D eigenvalue weighted by molar-refractivity contribution is 0.208. The van der Waals surface area contributed by atoms with Crippen LogP contribution in [0.3, 0.4) is 0 Å². The van der Waals surface area contributed by atoms with Crippen molar-refractivity contribution in [2.45, 2.75) is 26.7 Å². The Labute approximate surface area is 167 Å². The Morgan fingerprint density at radius 2 is 1.36 bits per heavy atom. The fourth-order valence-corrected chi connectivity index (χ4v) is 4.02. The summed E-state index contributed by atoms with van der Waals surface area (Å²) in [5.74, 6) is 0. The van der Waals surface area contributed by atoms with Gasteiger partial charge in [0.05, 0.1) is 0 Å². The largest absolute Gasteiger partial charge is 0.372 e. The van der Waals surface area contributed by atoms with Gasteiger partial charge in [-0.05, 0) is 74.2 Å². The molecular weight excluding hydrogens is 348 g/mol. The molecule has 4 rings (SSSR count). The average molecular weight is 379 g/mol. The van der Waals surface area contributed by atoms with Crippen molar-refractivity contribution in [3.05, 3.63) is 53.6 Å². The highest BCUT2D eigenvalue weighted by Crippen LogP contribution is 2.23. The van der Waals surface area contributed by atoms with E-state index in [1.807, 2.05) is 17.0 Å². The molecule has 0 radical (unpaired) electrons. The Morgan fingerprint density at radius 3 is 2.00 bits per heavy atom. The van der Waals surface area contributed by atoms with E-state index in [0.29, 0.717) is 0 Å². The predicted molar refractivity (Wildman–Crippen MR) is 117 cm³/mol. The maximum Gasteiger partial charge on any atom is 0.321 e. The minimum atomic E-state index is -0.00587. The van der Waals surface area contributed by atoms with Gasteiger partial charge < -0.3 is 20.0 Å². The van der Waals surface area contributed by atoms with Gasteiger partial charge in [-0.2, -0.15) is 0 Å². The van der Waals surface area contributed by atoms with Crippen molar-refractivity contribution < 1.29 is 4.79 Å². The summed E-state index contributed by atoms with van der Waals surface area (Å²) >= 11 is 0. The highest BCUT2D eigenvalue weighted by molar-refractivity contribution is 5.89. The van der Waals surface area contributed by atoms with Crippen LogP contribution < -0.4 is 15.1 Å². The van der Waals surface area contributed by atoms with Crippen LogP contribution in [0.1, 0.15) is 24.0 Å². The van der Waals surface area contributed by atoms with Crippen molar-refractivity contribution in [2.24, 2.45) is 0 Å². The number of anilines is 3. The molecule has 0 atom stereocenters. The third-order valence-corrected chi connectivity index (χ3v) is 6.01. The van der Waals surface area contributed by atoms with Crippen LogP contribution in [0.15, 0.2) is 42.5 Å². The zero-order chi connectivity index (χ0) is 19.5. The topological polar surface area (TPSA) is 38.8 Å². The van der Waals surface area contributed by atoms with Crippen LogP contribution in [-0.4, -0.2) is 50.2 Å². The first-order valence-electron chi connectivity index (χ1n) is 10.3. The molecule has 0 bridgehead atoms. The number of rotatable bonds is 3. The number of nitrogens with zero attached hydrogens (tertiary/aromatic N) is 3. The van der Waals surface area contributed by atoms with Gasteiger partial charge in [0.25, 0.3) is 0 Å². The molecule has 0 aromatic heterocycles. The van der Waals surface area contributed by atoms with Gasteiger partial charge in [-0.3, -0.25) is 0 Å². The van der Waals surface area contributed by atoms with E-state index in [-0.39, 0.29) is 6.03 Å². The minimum absolute atomic E-state index is 0.00587. The molecule has 1 N–H and O–H groups in total. The zero-order valence-electron chi connectivity index (χ0n) is 16.9. The number of benzene rings is 2. The van der Waals surface area contributed by atoms with Crippen LogP contribution in [0, 0.1) is 13.8 Å². The van der Waals surface area contributed by atoms with Crippen LogP contribution in [-0.2, 0) is 0 Å². The van der Waals surface area contributed by atoms with Crippen molar-refractivity contribution in [1.82, 2.24) is 4.90 Å². The van der Waals surface area contributed by atoms with Gasteiger partial charge in [-0.15, -0.1) is 0 Å². The van der Waals surface area contributed by atoms with Gasteiger partial charge >= 0.3 is 6.03 Å². The van der Waals surface area contributed by atoms with Crippen LogP contribution in [0.2, 0.25) is 0 Å². The molecule has 0 aliphatic carbocycles. The molecule has 2 aromatic rings. The number of nitrogens with one attached hydrogen (secondary N) is 1. The number of hydrogen-bond acceptors (Lipinski definition) is 3. The predicted octanol–water partition coefficient (Wildman–Crippen LogP) is 4.26. The number of piperazine rings is 1. The molecule has 2 aromatic carbocycles. The molecule has 2 fully saturated rings. The first-order chi connectivity index (χ1) is 13.6. The molecule has 2 heterocycles. The second-order valence-corrected chi connectivity index (χ2v) is 7.91. The molecule has 5 nitrogen and oxygen atoms in total. The Kier molecular flexibility index (Phi) is 5.42. The number of hydrogen-bond donors (Lipinski definition) is 1. The van der Waals surface area contributed by atoms with E-state index in [0.717, 1.165) is 45.0 Å². The maximum absolute atomic E-state index is 12.6. The molecule has 2 aliphatic rings.